The zero-order valence-electron chi connectivity index (χ0n) is 14.1. The zero-order valence-corrected chi connectivity index (χ0v) is 14.1. The highest BCUT2D eigenvalue weighted by atomic mass is 16.5. The van der Waals surface area contributed by atoms with Crippen molar-refractivity contribution in [3.63, 3.8) is 0 Å². The molecule has 2 rings (SSSR count). The van der Waals surface area contributed by atoms with Crippen LogP contribution in [0.25, 0.3) is 0 Å². The molecule has 1 aromatic rings. The summed E-state index contributed by atoms with van der Waals surface area (Å²) >= 11 is 0. The van der Waals surface area contributed by atoms with E-state index in [9.17, 15) is 0 Å². The fourth-order valence-electron chi connectivity index (χ4n) is 3.84. The minimum atomic E-state index is 0.811. The van der Waals surface area contributed by atoms with Gasteiger partial charge in [0.05, 0.1) is 7.11 Å². The Morgan fingerprint density at radius 2 is 1.76 bits per heavy atom. The van der Waals surface area contributed by atoms with Crippen LogP contribution in [-0.4, -0.2) is 7.11 Å². The summed E-state index contributed by atoms with van der Waals surface area (Å²) in [5, 5.41) is 0. The molecular weight excluding hydrogens is 256 g/mol. The van der Waals surface area contributed by atoms with Crippen LogP contribution < -0.4 is 4.74 Å². The number of methoxy groups -OCH3 is 1. The Labute approximate surface area is 131 Å². The number of hydrogen-bond donors (Lipinski definition) is 0. The van der Waals surface area contributed by atoms with Crippen LogP contribution in [0.3, 0.4) is 0 Å². The van der Waals surface area contributed by atoms with E-state index in [2.05, 4.69) is 38.1 Å². The summed E-state index contributed by atoms with van der Waals surface area (Å²) in [5.74, 6) is 3.73. The molecule has 1 nitrogen and oxygen atoms in total. The summed E-state index contributed by atoms with van der Waals surface area (Å²) in [6, 6.07) is 8.62. The zero-order chi connectivity index (χ0) is 15.1. The number of hydrogen-bond acceptors (Lipinski definition) is 1. The quantitative estimate of drug-likeness (QED) is 0.609. The molecule has 1 aliphatic carbocycles. The van der Waals surface area contributed by atoms with Crippen LogP contribution in [0, 0.1) is 17.8 Å². The number of unbranched alkanes of at least 4 members (excludes halogenated alkanes) is 1. The van der Waals surface area contributed by atoms with Gasteiger partial charge in [-0.05, 0) is 54.7 Å². The fourth-order valence-corrected chi connectivity index (χ4v) is 3.84. The van der Waals surface area contributed by atoms with Gasteiger partial charge >= 0.3 is 0 Å². The molecule has 0 aliphatic heterocycles. The van der Waals surface area contributed by atoms with Gasteiger partial charge in [0, 0.05) is 0 Å². The molecule has 0 radical (unpaired) electrons. The first kappa shape index (κ1) is 16.4. The average Bonchev–Trinajstić information content (AvgIpc) is 2.54. The summed E-state index contributed by atoms with van der Waals surface area (Å²) in [7, 11) is 1.73. The molecule has 1 heteroatoms. The lowest BCUT2D eigenvalue weighted by atomic mass is 9.73. The Morgan fingerprint density at radius 3 is 2.33 bits per heavy atom. The van der Waals surface area contributed by atoms with E-state index < -0.39 is 0 Å². The Hall–Kier alpha value is -0.980. The van der Waals surface area contributed by atoms with Crippen molar-refractivity contribution in [2.75, 3.05) is 7.11 Å². The largest absolute Gasteiger partial charge is 0.497 e. The maximum absolute atomic E-state index is 5.23. The van der Waals surface area contributed by atoms with E-state index >= 15 is 0 Å². The molecule has 0 N–H and O–H groups in total. The predicted octanol–water partition coefficient (Wildman–Crippen LogP) is 5.87. The molecule has 0 amide bonds. The predicted molar refractivity (Wildman–Crippen MR) is 90.8 cm³/mol. The number of ether oxygens (including phenoxy) is 1. The monoisotopic (exact) mass is 288 g/mol. The highest BCUT2D eigenvalue weighted by Gasteiger charge is 2.24. The summed E-state index contributed by atoms with van der Waals surface area (Å²) in [6.07, 6.45) is 11.3. The molecule has 1 unspecified atom stereocenters. The van der Waals surface area contributed by atoms with Gasteiger partial charge in [0.15, 0.2) is 0 Å². The van der Waals surface area contributed by atoms with Crippen LogP contribution in [0.4, 0.5) is 0 Å². The van der Waals surface area contributed by atoms with Crippen LogP contribution in [-0.2, 0) is 6.42 Å². The van der Waals surface area contributed by atoms with Gasteiger partial charge in [-0.1, -0.05) is 58.1 Å². The standard InChI is InChI=1S/C20H32O/c1-4-5-6-17-7-11-19(12-8-17)16(2)15-18-9-13-20(21-3)14-10-18/h9-10,13-14,16-17,19H,4-8,11-12,15H2,1-3H3. The van der Waals surface area contributed by atoms with Gasteiger partial charge in [-0.2, -0.15) is 0 Å². The van der Waals surface area contributed by atoms with Crippen molar-refractivity contribution in [2.45, 2.75) is 65.2 Å². The first-order valence-electron chi connectivity index (χ1n) is 8.85. The van der Waals surface area contributed by atoms with Crippen LogP contribution in [0.2, 0.25) is 0 Å². The summed E-state index contributed by atoms with van der Waals surface area (Å²) < 4.78 is 5.23. The van der Waals surface area contributed by atoms with E-state index in [0.29, 0.717) is 0 Å². The molecule has 0 heterocycles. The number of benzene rings is 1. The van der Waals surface area contributed by atoms with Gasteiger partial charge in [0.2, 0.25) is 0 Å². The van der Waals surface area contributed by atoms with Crippen LogP contribution in [0.1, 0.15) is 64.4 Å². The topological polar surface area (TPSA) is 9.23 Å². The molecule has 0 saturated heterocycles. The van der Waals surface area contributed by atoms with Gasteiger partial charge in [0.25, 0.3) is 0 Å². The lowest BCUT2D eigenvalue weighted by Crippen LogP contribution is -2.21. The van der Waals surface area contributed by atoms with E-state index in [1.807, 2.05) is 0 Å². The smallest absolute Gasteiger partial charge is 0.118 e. The van der Waals surface area contributed by atoms with Crippen molar-refractivity contribution in [1.82, 2.24) is 0 Å². The molecular formula is C20H32O. The Bertz CT molecular complexity index is 387. The van der Waals surface area contributed by atoms with E-state index in [1.54, 1.807) is 7.11 Å². The Morgan fingerprint density at radius 1 is 1.10 bits per heavy atom. The van der Waals surface area contributed by atoms with E-state index in [1.165, 1.54) is 56.9 Å². The maximum atomic E-state index is 5.23. The molecule has 1 aromatic carbocycles. The minimum absolute atomic E-state index is 0.811. The molecule has 0 aromatic heterocycles. The van der Waals surface area contributed by atoms with Gasteiger partial charge in [-0.15, -0.1) is 0 Å². The van der Waals surface area contributed by atoms with Crippen molar-refractivity contribution < 1.29 is 4.74 Å². The number of rotatable bonds is 7. The minimum Gasteiger partial charge on any atom is -0.497 e. The van der Waals surface area contributed by atoms with Gasteiger partial charge in [0.1, 0.15) is 5.75 Å². The van der Waals surface area contributed by atoms with Crippen molar-refractivity contribution in [2.24, 2.45) is 17.8 Å². The Balaban J connectivity index is 1.77. The first-order valence-corrected chi connectivity index (χ1v) is 8.85. The summed E-state index contributed by atoms with van der Waals surface area (Å²) in [6.45, 7) is 4.75. The Kier molecular flexibility index (Phi) is 6.60. The van der Waals surface area contributed by atoms with E-state index in [-0.39, 0.29) is 0 Å². The lowest BCUT2D eigenvalue weighted by Gasteiger charge is -2.32. The molecule has 0 spiro atoms. The van der Waals surface area contributed by atoms with Crippen LogP contribution >= 0.6 is 0 Å². The van der Waals surface area contributed by atoms with Gasteiger partial charge < -0.3 is 4.74 Å². The van der Waals surface area contributed by atoms with Crippen molar-refractivity contribution in [3.05, 3.63) is 29.8 Å². The first-order chi connectivity index (χ1) is 10.2. The molecule has 1 fully saturated rings. The molecule has 1 atom stereocenters. The highest BCUT2D eigenvalue weighted by molar-refractivity contribution is 5.27. The fraction of sp³-hybridized carbons (Fsp3) is 0.700. The molecule has 0 bridgehead atoms. The van der Waals surface area contributed by atoms with E-state index in [0.717, 1.165) is 23.5 Å². The van der Waals surface area contributed by atoms with E-state index in [4.69, 9.17) is 4.74 Å². The SMILES string of the molecule is CCCCC1CCC(C(C)Cc2ccc(OC)cc2)CC1. The third-order valence-electron chi connectivity index (χ3n) is 5.38. The normalized spacial score (nSPS) is 23.8. The molecule has 1 saturated carbocycles. The van der Waals surface area contributed by atoms with Crippen LogP contribution in [0.5, 0.6) is 5.75 Å². The lowest BCUT2D eigenvalue weighted by molar-refractivity contribution is 0.204. The van der Waals surface area contributed by atoms with Gasteiger partial charge in [-0.25, -0.2) is 0 Å². The summed E-state index contributed by atoms with van der Waals surface area (Å²) in [4.78, 5) is 0. The van der Waals surface area contributed by atoms with Gasteiger partial charge in [-0.3, -0.25) is 0 Å². The van der Waals surface area contributed by atoms with Crippen LogP contribution in [0.15, 0.2) is 24.3 Å². The second kappa shape index (κ2) is 8.46. The van der Waals surface area contributed by atoms with Crippen molar-refractivity contribution >= 4 is 0 Å². The average molecular weight is 288 g/mol. The molecule has 118 valence electrons. The van der Waals surface area contributed by atoms with Crippen molar-refractivity contribution in [3.8, 4) is 5.75 Å². The molecule has 21 heavy (non-hydrogen) atoms. The highest BCUT2D eigenvalue weighted by Crippen LogP contribution is 2.36. The van der Waals surface area contributed by atoms with Crippen molar-refractivity contribution in [1.29, 1.82) is 0 Å². The third kappa shape index (κ3) is 5.05. The second-order valence-electron chi connectivity index (χ2n) is 6.95. The summed E-state index contributed by atoms with van der Waals surface area (Å²) in [5.41, 5.74) is 1.46. The molecule has 1 aliphatic rings. The second-order valence-corrected chi connectivity index (χ2v) is 6.95. The maximum Gasteiger partial charge on any atom is 0.118 e. The third-order valence-corrected chi connectivity index (χ3v) is 5.38.